The van der Waals surface area contributed by atoms with Crippen LogP contribution in [0.2, 0.25) is 0 Å². The monoisotopic (exact) mass is 1170 g/mol. The zero-order valence-electron chi connectivity index (χ0n) is 47.3. The van der Waals surface area contributed by atoms with Crippen molar-refractivity contribution in [2.24, 2.45) is 29.4 Å². The fourth-order valence-corrected chi connectivity index (χ4v) is 9.25. The van der Waals surface area contributed by atoms with Gasteiger partial charge in [-0.15, -0.1) is 0 Å². The Morgan fingerprint density at radius 3 is 2.07 bits per heavy atom. The lowest BCUT2D eigenvalue weighted by Crippen LogP contribution is -2.58. The van der Waals surface area contributed by atoms with Gasteiger partial charge in [-0.3, -0.25) is 52.7 Å². The molecule has 0 bridgehead atoms. The highest BCUT2D eigenvalue weighted by Crippen LogP contribution is 2.22. The van der Waals surface area contributed by atoms with Crippen LogP contribution in [-0.4, -0.2) is 179 Å². The molecular formula is C57H82N6O18S. The number of ether oxygens (including phenoxy) is 3. The molecule has 11 atom stereocenters. The number of amides is 5. The molecule has 0 spiro atoms. The number of hydrogen-bond donors (Lipinski definition) is 10. The Morgan fingerprint density at radius 2 is 1.45 bits per heavy atom. The van der Waals surface area contributed by atoms with Gasteiger partial charge in [0.25, 0.3) is 0 Å². The molecule has 2 unspecified atom stereocenters. The Kier molecular flexibility index (Phi) is 31.2. The maximum Gasteiger partial charge on any atom is 0.309 e. The molecule has 82 heavy (non-hydrogen) atoms. The number of carbonyl (C=O) groups is 11. The third-order valence-corrected chi connectivity index (χ3v) is 14.6. The van der Waals surface area contributed by atoms with Gasteiger partial charge in [-0.2, -0.15) is 11.8 Å². The van der Waals surface area contributed by atoms with Crippen molar-refractivity contribution >= 4 is 76.4 Å². The van der Waals surface area contributed by atoms with Crippen LogP contribution in [-0.2, 0) is 79.8 Å². The van der Waals surface area contributed by atoms with Gasteiger partial charge in [0.05, 0.1) is 68.2 Å². The van der Waals surface area contributed by atoms with Crippen LogP contribution in [0.3, 0.4) is 0 Å². The van der Waals surface area contributed by atoms with E-state index in [0.29, 0.717) is 36.1 Å². The third kappa shape index (κ3) is 24.4. The maximum atomic E-state index is 14.3. The van der Waals surface area contributed by atoms with Crippen molar-refractivity contribution in [3.05, 3.63) is 65.7 Å². The number of ketones is 4. The van der Waals surface area contributed by atoms with Crippen molar-refractivity contribution in [1.82, 2.24) is 26.6 Å². The number of aromatic hydroxyl groups is 1. The van der Waals surface area contributed by atoms with Crippen LogP contribution in [0.1, 0.15) is 96.6 Å². The summed E-state index contributed by atoms with van der Waals surface area (Å²) in [5.41, 5.74) is 6.81. The Balaban J connectivity index is 1.89. The van der Waals surface area contributed by atoms with Crippen LogP contribution in [0.15, 0.2) is 54.6 Å². The Hall–Kier alpha value is -6.64. The molecular weight excluding hydrogens is 1090 g/mol. The standard InChI is InChI=1S/C57H82N6O18S/c1-6-33(3)51-47(69)26-37(19-23-82-5)57(78)81-31-39(54(75)60-44(29-50(72)73)55(76)61-43(56(77)62-51)25-35-12-9-8-10-13-35)28-48(70)52(34(4)65)63-53(74)38(30-64)27-46(68)42(24-36-15-17-40(66)18-16-36)59-49(71)32-80-22-21-79-20-11-14-45(67)41(58)7-2/h8-10,12-13,15-18,33-34,37-39,41-44,51-52,64-66H,6-7,11,14,19-32,58H2,1-5H3,(H,59,71)(H,60,75)(H,61,76)(H,62,77)(H,63,74)(H,72,73)/t33?,34?,37-,38+,39+,41+,42+,43+,44+,51+,52+/m1/s1. The van der Waals surface area contributed by atoms with Crippen LogP contribution in [0, 0.1) is 23.7 Å². The fraction of sp³-hybridized carbons (Fsp3) is 0.596. The molecule has 0 saturated carbocycles. The minimum atomic E-state index is -1.89. The van der Waals surface area contributed by atoms with Gasteiger partial charge in [-0.05, 0) is 73.8 Å². The predicted molar refractivity (Wildman–Crippen MR) is 300 cm³/mol. The summed E-state index contributed by atoms with van der Waals surface area (Å²) in [6.07, 6.45) is -1.49. The minimum absolute atomic E-state index is 0.0154. The summed E-state index contributed by atoms with van der Waals surface area (Å²) in [5.74, 6) is -14.4. The second-order valence-corrected chi connectivity index (χ2v) is 21.4. The van der Waals surface area contributed by atoms with Gasteiger partial charge in [0.2, 0.25) is 29.5 Å². The number of aliphatic hydroxyl groups is 2. The lowest BCUT2D eigenvalue weighted by molar-refractivity contribution is -0.154. The number of thioether (sulfide) groups is 1. The first-order chi connectivity index (χ1) is 39.0. The minimum Gasteiger partial charge on any atom is -0.508 e. The van der Waals surface area contributed by atoms with E-state index in [1.807, 2.05) is 6.92 Å². The molecule has 2 aromatic rings. The normalized spacial score (nSPS) is 20.5. The van der Waals surface area contributed by atoms with Gasteiger partial charge in [0, 0.05) is 38.7 Å². The van der Waals surface area contributed by atoms with Crippen molar-refractivity contribution in [2.45, 2.75) is 141 Å². The molecule has 1 saturated heterocycles. The summed E-state index contributed by atoms with van der Waals surface area (Å²) in [6.45, 7) is 4.44. The van der Waals surface area contributed by atoms with E-state index in [9.17, 15) is 73.2 Å². The molecule has 1 aliphatic heterocycles. The fourth-order valence-electron chi connectivity index (χ4n) is 8.73. The lowest BCUT2D eigenvalue weighted by atomic mass is 9.88. The van der Waals surface area contributed by atoms with E-state index in [0.717, 1.165) is 6.92 Å². The number of carboxylic acids is 1. The molecule has 2 aromatic carbocycles. The number of aliphatic carboxylic acids is 1. The van der Waals surface area contributed by atoms with Gasteiger partial charge in [-0.1, -0.05) is 69.7 Å². The largest absolute Gasteiger partial charge is 0.508 e. The zero-order valence-corrected chi connectivity index (χ0v) is 48.1. The molecule has 454 valence electrons. The number of esters is 1. The van der Waals surface area contributed by atoms with Gasteiger partial charge in [0.1, 0.15) is 42.9 Å². The maximum absolute atomic E-state index is 14.3. The number of carboxylic acid groups (broad SMARTS) is 1. The lowest BCUT2D eigenvalue weighted by Gasteiger charge is -2.29. The smallest absolute Gasteiger partial charge is 0.309 e. The number of nitrogens with two attached hydrogens (primary N) is 1. The zero-order chi connectivity index (χ0) is 60.9. The van der Waals surface area contributed by atoms with E-state index < -0.39 is 170 Å². The summed E-state index contributed by atoms with van der Waals surface area (Å²) in [5, 5.41) is 53.6. The number of rotatable bonds is 33. The molecule has 0 aliphatic carbocycles. The number of nitrogens with one attached hydrogen (secondary N) is 5. The van der Waals surface area contributed by atoms with E-state index in [-0.39, 0.29) is 57.0 Å². The molecule has 1 aliphatic rings. The van der Waals surface area contributed by atoms with Crippen molar-refractivity contribution in [2.75, 3.05) is 51.6 Å². The highest BCUT2D eigenvalue weighted by molar-refractivity contribution is 7.98. The number of carbonyl (C=O) groups excluding carboxylic acids is 10. The van der Waals surface area contributed by atoms with Crippen LogP contribution in [0.25, 0.3) is 0 Å². The third-order valence-electron chi connectivity index (χ3n) is 13.9. The Morgan fingerprint density at radius 1 is 0.793 bits per heavy atom. The topological polar surface area (TPSA) is 383 Å². The number of hydrogen-bond acceptors (Lipinski definition) is 19. The van der Waals surface area contributed by atoms with Crippen LogP contribution < -0.4 is 32.3 Å². The first-order valence-electron chi connectivity index (χ1n) is 27.5. The molecule has 24 nitrogen and oxygen atoms in total. The Labute approximate surface area is 481 Å². The quantitative estimate of drug-likeness (QED) is 0.0346. The molecule has 0 radical (unpaired) electrons. The van der Waals surface area contributed by atoms with Gasteiger partial charge in [0.15, 0.2) is 17.3 Å². The van der Waals surface area contributed by atoms with Crippen molar-refractivity contribution in [3.63, 3.8) is 0 Å². The molecule has 0 aromatic heterocycles. The van der Waals surface area contributed by atoms with Gasteiger partial charge >= 0.3 is 11.9 Å². The summed E-state index contributed by atoms with van der Waals surface area (Å²) in [7, 11) is 0. The predicted octanol–water partition coefficient (Wildman–Crippen LogP) is 0.651. The van der Waals surface area contributed by atoms with Crippen molar-refractivity contribution in [3.8, 4) is 5.75 Å². The van der Waals surface area contributed by atoms with Gasteiger partial charge < -0.3 is 67.0 Å². The summed E-state index contributed by atoms with van der Waals surface area (Å²) >= 11 is 1.37. The van der Waals surface area contributed by atoms with E-state index in [4.69, 9.17) is 19.9 Å². The molecule has 3 rings (SSSR count). The number of phenolic OH excluding ortho intramolecular Hbond substituents is 1. The van der Waals surface area contributed by atoms with E-state index >= 15 is 0 Å². The first kappa shape index (κ1) is 69.6. The SMILES string of the molecule is CCC(C)[C@@H]1NC(=O)[C@H](Cc2ccccc2)NC(=O)[C@H](CC(=O)O)NC(=O)[C@@H](CC(=O)[C@@H](NC(=O)[C@H](CO)CC(=O)[C@H](Cc2ccc(O)cc2)NC(=O)COCCOCCCC(=O)[C@@H](N)CC)C(C)O)COC(=O)[C@H](CCSC)CC1=O. The number of aliphatic hydroxyl groups excluding tert-OH is 2. The number of benzene rings is 2. The first-order valence-corrected chi connectivity index (χ1v) is 28.9. The Bertz CT molecular complexity index is 2450. The number of Topliss-reactive ketones (excluding diaryl/α,β-unsaturated/α-hetero) is 4. The number of phenols is 1. The van der Waals surface area contributed by atoms with Gasteiger partial charge in [-0.25, -0.2) is 0 Å². The molecule has 1 fully saturated rings. The van der Waals surface area contributed by atoms with Crippen LogP contribution >= 0.6 is 11.8 Å². The number of cyclic esters (lactones) is 1. The summed E-state index contributed by atoms with van der Waals surface area (Å²) < 4.78 is 16.5. The average Bonchev–Trinajstić information content (AvgIpc) is 3.46. The van der Waals surface area contributed by atoms with Crippen LogP contribution in [0.4, 0.5) is 0 Å². The van der Waals surface area contributed by atoms with Crippen molar-refractivity contribution < 1.29 is 87.4 Å². The molecule has 5 amide bonds. The highest BCUT2D eigenvalue weighted by atomic mass is 32.2. The molecule has 11 N–H and O–H groups in total. The average molecular weight is 1170 g/mol. The molecule has 1 heterocycles. The second-order valence-electron chi connectivity index (χ2n) is 20.4. The summed E-state index contributed by atoms with van der Waals surface area (Å²) in [4.78, 5) is 150. The van der Waals surface area contributed by atoms with Crippen LogP contribution in [0.5, 0.6) is 5.75 Å². The second kappa shape index (κ2) is 36.7. The highest BCUT2D eigenvalue weighted by Gasteiger charge is 2.39. The van der Waals surface area contributed by atoms with E-state index in [2.05, 4.69) is 26.6 Å². The molecule has 25 heteroatoms. The summed E-state index contributed by atoms with van der Waals surface area (Å²) in [6, 6.07) is 6.06. The van der Waals surface area contributed by atoms with Crippen molar-refractivity contribution in [1.29, 1.82) is 0 Å². The van der Waals surface area contributed by atoms with E-state index in [1.54, 1.807) is 50.4 Å². The van der Waals surface area contributed by atoms with E-state index in [1.165, 1.54) is 36.0 Å².